The second-order valence-electron chi connectivity index (χ2n) is 5.27. The number of carbonyl (C=O) groups is 1. The number of ether oxygens (including phenoxy) is 2. The normalized spacial score (nSPS) is 20.1. The van der Waals surface area contributed by atoms with E-state index in [-0.39, 0.29) is 11.3 Å². The molecule has 0 unspecified atom stereocenters. The number of nitrogens with one attached hydrogen (secondary N) is 1. The number of halogens is 1. The van der Waals surface area contributed by atoms with Crippen LogP contribution in [-0.4, -0.2) is 25.7 Å². The molecule has 116 valence electrons. The Bertz CT molecular complexity index is 716. The van der Waals surface area contributed by atoms with E-state index in [4.69, 9.17) is 21.1 Å². The molecule has 0 fully saturated rings. The van der Waals surface area contributed by atoms with E-state index >= 15 is 0 Å². The molecule has 0 radical (unpaired) electrons. The molecule has 1 heterocycles. The van der Waals surface area contributed by atoms with Crippen molar-refractivity contribution in [3.05, 3.63) is 35.9 Å². The third-order valence-corrected chi connectivity index (χ3v) is 4.32. The lowest BCUT2D eigenvalue weighted by molar-refractivity contribution is -0.144. The number of carbonyl (C=O) groups excluding carboxylic acids is 1. The molecule has 0 bridgehead atoms. The summed E-state index contributed by atoms with van der Waals surface area (Å²) in [4.78, 5) is 11.9. The van der Waals surface area contributed by atoms with Gasteiger partial charge in [-0.3, -0.25) is 0 Å². The van der Waals surface area contributed by atoms with Gasteiger partial charge in [-0.1, -0.05) is 12.1 Å². The fourth-order valence-corrected chi connectivity index (χ4v) is 3.30. The van der Waals surface area contributed by atoms with Crippen molar-refractivity contribution in [3.63, 3.8) is 0 Å². The maximum absolute atomic E-state index is 11.9. The minimum absolute atomic E-state index is 0.234. The molecule has 0 saturated heterocycles. The lowest BCUT2D eigenvalue weighted by Crippen LogP contribution is -2.35. The quantitative estimate of drug-likeness (QED) is 0.689. The first kappa shape index (κ1) is 15.0. The molecule has 22 heavy (non-hydrogen) atoms. The van der Waals surface area contributed by atoms with Gasteiger partial charge in [-0.05, 0) is 42.3 Å². The number of esters is 1. The first-order valence-corrected chi connectivity index (χ1v) is 7.75. The summed E-state index contributed by atoms with van der Waals surface area (Å²) < 4.78 is 10.3. The van der Waals surface area contributed by atoms with Crippen LogP contribution in [0.1, 0.15) is 24.3 Å². The van der Waals surface area contributed by atoms with Gasteiger partial charge in [0.1, 0.15) is 11.8 Å². The second kappa shape index (κ2) is 6.05. The van der Waals surface area contributed by atoms with Gasteiger partial charge >= 0.3 is 5.97 Å². The molecule has 2 atom stereocenters. The molecular formula is C17H18ClNO3. The minimum atomic E-state index is -0.398. The number of alkyl halides is 1. The highest BCUT2D eigenvalue weighted by Crippen LogP contribution is 2.42. The van der Waals surface area contributed by atoms with Gasteiger partial charge in [0, 0.05) is 11.3 Å². The number of methoxy groups -OCH3 is 1. The number of hydrogen-bond donors (Lipinski definition) is 1. The van der Waals surface area contributed by atoms with E-state index in [0.29, 0.717) is 13.0 Å². The van der Waals surface area contributed by atoms with Crippen molar-refractivity contribution in [1.29, 1.82) is 0 Å². The Kier molecular flexibility index (Phi) is 4.12. The summed E-state index contributed by atoms with van der Waals surface area (Å²) in [5.41, 5.74) is 1.92. The van der Waals surface area contributed by atoms with Gasteiger partial charge in [-0.25, -0.2) is 4.79 Å². The molecule has 0 spiro atoms. The van der Waals surface area contributed by atoms with Crippen LogP contribution in [-0.2, 0) is 9.53 Å². The van der Waals surface area contributed by atoms with Crippen molar-refractivity contribution in [3.8, 4) is 5.75 Å². The Morgan fingerprint density at radius 1 is 1.36 bits per heavy atom. The molecular weight excluding hydrogens is 302 g/mol. The topological polar surface area (TPSA) is 47.6 Å². The number of fused-ring (bicyclic) bond motifs is 3. The lowest BCUT2D eigenvalue weighted by atomic mass is 9.92. The van der Waals surface area contributed by atoms with E-state index in [9.17, 15) is 4.79 Å². The van der Waals surface area contributed by atoms with Crippen molar-refractivity contribution in [2.75, 3.05) is 19.0 Å². The zero-order valence-corrected chi connectivity index (χ0v) is 13.3. The SMILES string of the molecule is CCOC(=O)[C@@H]1C[C@H](Cl)c2c(ccc3cc(OC)ccc23)N1. The lowest BCUT2D eigenvalue weighted by Gasteiger charge is -2.30. The van der Waals surface area contributed by atoms with E-state index in [0.717, 1.165) is 27.8 Å². The molecule has 3 rings (SSSR count). The highest BCUT2D eigenvalue weighted by Gasteiger charge is 2.31. The van der Waals surface area contributed by atoms with Gasteiger partial charge in [0.15, 0.2) is 0 Å². The smallest absolute Gasteiger partial charge is 0.328 e. The highest BCUT2D eigenvalue weighted by molar-refractivity contribution is 6.23. The summed E-state index contributed by atoms with van der Waals surface area (Å²) in [6.07, 6.45) is 0.512. The van der Waals surface area contributed by atoms with Gasteiger partial charge in [0.25, 0.3) is 0 Å². The van der Waals surface area contributed by atoms with E-state index in [1.54, 1.807) is 14.0 Å². The predicted octanol–water partition coefficient (Wildman–Crippen LogP) is 3.88. The summed E-state index contributed by atoms with van der Waals surface area (Å²) in [6.45, 7) is 2.17. The molecule has 1 aliphatic rings. The first-order valence-electron chi connectivity index (χ1n) is 7.32. The Balaban J connectivity index is 2.01. The molecule has 4 nitrogen and oxygen atoms in total. The molecule has 2 aromatic carbocycles. The minimum Gasteiger partial charge on any atom is -0.497 e. The largest absolute Gasteiger partial charge is 0.497 e. The van der Waals surface area contributed by atoms with Crippen molar-refractivity contribution in [2.45, 2.75) is 24.8 Å². The molecule has 5 heteroatoms. The Morgan fingerprint density at radius 3 is 2.91 bits per heavy atom. The Morgan fingerprint density at radius 2 is 2.18 bits per heavy atom. The first-order chi connectivity index (χ1) is 10.6. The maximum Gasteiger partial charge on any atom is 0.328 e. The number of hydrogen-bond acceptors (Lipinski definition) is 4. The highest BCUT2D eigenvalue weighted by atomic mass is 35.5. The van der Waals surface area contributed by atoms with E-state index < -0.39 is 6.04 Å². The molecule has 0 aliphatic carbocycles. The monoisotopic (exact) mass is 319 g/mol. The molecule has 2 aromatic rings. The van der Waals surface area contributed by atoms with Gasteiger partial charge in [-0.15, -0.1) is 11.6 Å². The van der Waals surface area contributed by atoms with Crippen LogP contribution in [0.2, 0.25) is 0 Å². The summed E-state index contributed by atoms with van der Waals surface area (Å²) >= 11 is 6.56. The zero-order valence-electron chi connectivity index (χ0n) is 12.6. The molecule has 1 N–H and O–H groups in total. The van der Waals surface area contributed by atoms with E-state index in [1.165, 1.54) is 0 Å². The molecule has 0 saturated carbocycles. The van der Waals surface area contributed by atoms with Gasteiger partial charge in [0.05, 0.1) is 19.1 Å². The van der Waals surface area contributed by atoms with Crippen molar-refractivity contribution < 1.29 is 14.3 Å². The standard InChI is InChI=1S/C17H18ClNO3/c1-3-22-17(20)15-9-13(18)16-12-6-5-11(21-2)8-10(12)4-7-14(16)19-15/h4-8,13,15,19H,3,9H2,1-2H3/t13-,15-/m0/s1. The van der Waals surface area contributed by atoms with Gasteiger partial charge < -0.3 is 14.8 Å². The van der Waals surface area contributed by atoms with Crippen LogP contribution in [0.5, 0.6) is 5.75 Å². The van der Waals surface area contributed by atoms with Crippen LogP contribution in [0.15, 0.2) is 30.3 Å². The van der Waals surface area contributed by atoms with Crippen LogP contribution in [0.4, 0.5) is 5.69 Å². The van der Waals surface area contributed by atoms with E-state index in [1.807, 2.05) is 30.3 Å². The van der Waals surface area contributed by atoms with Crippen LogP contribution in [0.3, 0.4) is 0 Å². The predicted molar refractivity (Wildman–Crippen MR) is 87.8 cm³/mol. The third-order valence-electron chi connectivity index (χ3n) is 3.93. The van der Waals surface area contributed by atoms with Crippen molar-refractivity contribution in [1.82, 2.24) is 0 Å². The zero-order chi connectivity index (χ0) is 15.7. The average molecular weight is 320 g/mol. The van der Waals surface area contributed by atoms with Crippen LogP contribution in [0, 0.1) is 0 Å². The second-order valence-corrected chi connectivity index (χ2v) is 5.79. The fourth-order valence-electron chi connectivity index (χ4n) is 2.89. The number of benzene rings is 2. The van der Waals surface area contributed by atoms with Gasteiger partial charge in [-0.2, -0.15) is 0 Å². The van der Waals surface area contributed by atoms with Crippen molar-refractivity contribution in [2.24, 2.45) is 0 Å². The van der Waals surface area contributed by atoms with E-state index in [2.05, 4.69) is 5.32 Å². The average Bonchev–Trinajstić information content (AvgIpc) is 2.53. The third kappa shape index (κ3) is 2.59. The number of anilines is 1. The fraction of sp³-hybridized carbons (Fsp3) is 0.353. The summed E-state index contributed by atoms with van der Waals surface area (Å²) in [7, 11) is 1.65. The molecule has 1 aliphatic heterocycles. The van der Waals surface area contributed by atoms with Crippen LogP contribution in [0.25, 0.3) is 10.8 Å². The Labute approximate surface area is 134 Å². The Hall–Kier alpha value is -1.94. The van der Waals surface area contributed by atoms with Crippen LogP contribution < -0.4 is 10.1 Å². The maximum atomic E-state index is 11.9. The summed E-state index contributed by atoms with van der Waals surface area (Å²) in [5, 5.41) is 5.16. The van der Waals surface area contributed by atoms with Crippen LogP contribution >= 0.6 is 11.6 Å². The molecule has 0 amide bonds. The summed E-state index contributed by atoms with van der Waals surface area (Å²) in [6, 6.07) is 9.47. The molecule has 0 aromatic heterocycles. The summed E-state index contributed by atoms with van der Waals surface area (Å²) in [5.74, 6) is 0.556. The van der Waals surface area contributed by atoms with Crippen molar-refractivity contribution >= 4 is 34.0 Å². The van der Waals surface area contributed by atoms with Gasteiger partial charge in [0.2, 0.25) is 0 Å². The number of rotatable bonds is 3.